The molecule has 5 heteroatoms. The average molecular weight is 271 g/mol. The second kappa shape index (κ2) is 5.61. The van der Waals surface area contributed by atoms with Gasteiger partial charge >= 0.3 is 0 Å². The number of anilines is 1. The largest absolute Gasteiger partial charge is 0.370 e. The van der Waals surface area contributed by atoms with Crippen LogP contribution in [0.2, 0.25) is 0 Å². The van der Waals surface area contributed by atoms with Gasteiger partial charge in [-0.3, -0.25) is 0 Å². The fraction of sp³-hybridized carbons (Fsp3) is 0.533. The van der Waals surface area contributed by atoms with Crippen molar-refractivity contribution in [1.29, 1.82) is 0 Å². The maximum Gasteiger partial charge on any atom is 0.158 e. The summed E-state index contributed by atoms with van der Waals surface area (Å²) >= 11 is 0. The van der Waals surface area contributed by atoms with E-state index in [1.54, 1.807) is 0 Å². The van der Waals surface area contributed by atoms with E-state index in [-0.39, 0.29) is 0 Å². The quantitative estimate of drug-likeness (QED) is 0.877. The lowest BCUT2D eigenvalue weighted by Gasteiger charge is -2.10. The van der Waals surface area contributed by atoms with Crippen molar-refractivity contribution >= 4 is 5.82 Å². The molecule has 3 rings (SSSR count). The first kappa shape index (κ1) is 13.1. The molecule has 1 aliphatic rings. The standard InChI is InChI=1S/C15H21N5/c1-3-7-16-13-10-12(15-17-8-9-20(15)4-2)18-14(19-13)11-5-6-11/h8-11H,3-7H2,1-2H3,(H,16,18,19). The van der Waals surface area contributed by atoms with Crippen LogP contribution in [0, 0.1) is 0 Å². The van der Waals surface area contributed by atoms with Gasteiger partial charge in [0.1, 0.15) is 17.3 Å². The van der Waals surface area contributed by atoms with Crippen LogP contribution in [-0.2, 0) is 6.54 Å². The van der Waals surface area contributed by atoms with Gasteiger partial charge in [-0.25, -0.2) is 15.0 Å². The van der Waals surface area contributed by atoms with Gasteiger partial charge < -0.3 is 9.88 Å². The minimum absolute atomic E-state index is 0.544. The molecule has 2 heterocycles. The van der Waals surface area contributed by atoms with Gasteiger partial charge in [0.2, 0.25) is 0 Å². The number of aromatic nitrogens is 4. The van der Waals surface area contributed by atoms with Crippen molar-refractivity contribution in [2.24, 2.45) is 0 Å². The molecule has 0 unspecified atom stereocenters. The summed E-state index contributed by atoms with van der Waals surface area (Å²) in [4.78, 5) is 13.8. The molecule has 0 saturated heterocycles. The SMILES string of the molecule is CCCNc1cc(-c2nccn2CC)nc(C2CC2)n1. The van der Waals surface area contributed by atoms with Crippen molar-refractivity contribution in [2.45, 2.75) is 45.6 Å². The number of rotatable bonds is 6. The zero-order chi connectivity index (χ0) is 13.9. The van der Waals surface area contributed by atoms with Crippen LogP contribution in [-0.4, -0.2) is 26.1 Å². The molecule has 0 bridgehead atoms. The fourth-order valence-electron chi connectivity index (χ4n) is 2.25. The highest BCUT2D eigenvalue weighted by Gasteiger charge is 2.27. The lowest BCUT2D eigenvalue weighted by atomic mass is 10.3. The van der Waals surface area contributed by atoms with Crippen molar-refractivity contribution in [2.75, 3.05) is 11.9 Å². The van der Waals surface area contributed by atoms with E-state index in [9.17, 15) is 0 Å². The van der Waals surface area contributed by atoms with Crippen LogP contribution in [0.4, 0.5) is 5.82 Å². The molecule has 5 nitrogen and oxygen atoms in total. The second-order valence-electron chi connectivity index (χ2n) is 5.23. The smallest absolute Gasteiger partial charge is 0.158 e. The molecule has 0 spiro atoms. The van der Waals surface area contributed by atoms with Crippen LogP contribution in [0.5, 0.6) is 0 Å². The van der Waals surface area contributed by atoms with Crippen LogP contribution in [0.1, 0.15) is 44.9 Å². The maximum atomic E-state index is 4.72. The molecule has 0 amide bonds. The molecule has 1 saturated carbocycles. The zero-order valence-electron chi connectivity index (χ0n) is 12.1. The van der Waals surface area contributed by atoms with E-state index in [2.05, 4.69) is 33.7 Å². The van der Waals surface area contributed by atoms with Crippen LogP contribution >= 0.6 is 0 Å². The fourth-order valence-corrected chi connectivity index (χ4v) is 2.25. The summed E-state index contributed by atoms with van der Waals surface area (Å²) in [6, 6.07) is 2.01. The Morgan fingerprint density at radius 1 is 1.30 bits per heavy atom. The first-order chi connectivity index (χ1) is 9.81. The van der Waals surface area contributed by atoms with Crippen molar-refractivity contribution in [3.05, 3.63) is 24.3 Å². The summed E-state index contributed by atoms with van der Waals surface area (Å²) < 4.78 is 2.11. The molecular formula is C15H21N5. The van der Waals surface area contributed by atoms with Crippen molar-refractivity contribution in [3.8, 4) is 11.5 Å². The minimum Gasteiger partial charge on any atom is -0.370 e. The van der Waals surface area contributed by atoms with Crippen LogP contribution < -0.4 is 5.32 Å². The Morgan fingerprint density at radius 2 is 2.15 bits per heavy atom. The Kier molecular flexibility index (Phi) is 3.67. The molecule has 106 valence electrons. The van der Waals surface area contributed by atoms with E-state index in [4.69, 9.17) is 4.98 Å². The van der Waals surface area contributed by atoms with Gasteiger partial charge in [0.15, 0.2) is 5.82 Å². The van der Waals surface area contributed by atoms with Gasteiger partial charge in [0.25, 0.3) is 0 Å². The third-order valence-electron chi connectivity index (χ3n) is 3.53. The normalized spacial score (nSPS) is 14.5. The van der Waals surface area contributed by atoms with E-state index in [1.165, 1.54) is 12.8 Å². The van der Waals surface area contributed by atoms with E-state index >= 15 is 0 Å². The number of hydrogen-bond acceptors (Lipinski definition) is 4. The predicted molar refractivity (Wildman–Crippen MR) is 79.7 cm³/mol. The van der Waals surface area contributed by atoms with Crippen molar-refractivity contribution in [1.82, 2.24) is 19.5 Å². The summed E-state index contributed by atoms with van der Waals surface area (Å²) in [5, 5.41) is 3.37. The lowest BCUT2D eigenvalue weighted by molar-refractivity contribution is 0.765. The zero-order valence-corrected chi connectivity index (χ0v) is 12.1. The number of aryl methyl sites for hydroxylation is 1. The monoisotopic (exact) mass is 271 g/mol. The molecule has 1 aliphatic carbocycles. The number of nitrogens with one attached hydrogen (secondary N) is 1. The third kappa shape index (κ3) is 2.66. The van der Waals surface area contributed by atoms with Gasteiger partial charge in [-0.15, -0.1) is 0 Å². The van der Waals surface area contributed by atoms with Gasteiger partial charge in [-0.1, -0.05) is 6.92 Å². The summed E-state index contributed by atoms with van der Waals surface area (Å²) in [5.74, 6) is 3.36. The van der Waals surface area contributed by atoms with Crippen molar-refractivity contribution in [3.63, 3.8) is 0 Å². The molecule has 2 aromatic heterocycles. The molecule has 20 heavy (non-hydrogen) atoms. The van der Waals surface area contributed by atoms with Gasteiger partial charge in [-0.2, -0.15) is 0 Å². The summed E-state index contributed by atoms with van der Waals surface area (Å²) in [6.07, 6.45) is 7.32. The molecule has 1 fully saturated rings. The topological polar surface area (TPSA) is 55.6 Å². The third-order valence-corrected chi connectivity index (χ3v) is 3.53. The predicted octanol–water partition coefficient (Wildman–Crippen LogP) is 3.06. The van der Waals surface area contributed by atoms with E-state index in [1.807, 2.05) is 18.5 Å². The molecule has 0 aromatic carbocycles. The molecular weight excluding hydrogens is 250 g/mol. The Balaban J connectivity index is 1.98. The Hall–Kier alpha value is -1.91. The summed E-state index contributed by atoms with van der Waals surface area (Å²) in [5.41, 5.74) is 0.923. The Bertz CT molecular complexity index is 586. The first-order valence-electron chi connectivity index (χ1n) is 7.46. The Labute approximate surface area is 119 Å². The number of hydrogen-bond donors (Lipinski definition) is 1. The summed E-state index contributed by atoms with van der Waals surface area (Å²) in [7, 11) is 0. The summed E-state index contributed by atoms with van der Waals surface area (Å²) in [6.45, 7) is 6.10. The molecule has 0 radical (unpaired) electrons. The van der Waals surface area contributed by atoms with Gasteiger partial charge in [-0.05, 0) is 26.2 Å². The van der Waals surface area contributed by atoms with Gasteiger partial charge in [0, 0.05) is 37.5 Å². The van der Waals surface area contributed by atoms with Gasteiger partial charge in [0.05, 0.1) is 0 Å². The van der Waals surface area contributed by atoms with Crippen LogP contribution in [0.25, 0.3) is 11.5 Å². The van der Waals surface area contributed by atoms with E-state index in [0.717, 1.165) is 42.7 Å². The average Bonchev–Trinajstić information content (AvgIpc) is 3.22. The molecule has 0 atom stereocenters. The lowest BCUT2D eigenvalue weighted by Crippen LogP contribution is -2.07. The molecule has 2 aromatic rings. The Morgan fingerprint density at radius 3 is 2.85 bits per heavy atom. The number of nitrogens with zero attached hydrogens (tertiary/aromatic N) is 4. The second-order valence-corrected chi connectivity index (χ2v) is 5.23. The maximum absolute atomic E-state index is 4.72. The first-order valence-corrected chi connectivity index (χ1v) is 7.46. The van der Waals surface area contributed by atoms with Crippen molar-refractivity contribution < 1.29 is 0 Å². The minimum atomic E-state index is 0.544. The molecule has 0 aliphatic heterocycles. The number of imidazole rings is 1. The van der Waals surface area contributed by atoms with Crippen LogP contribution in [0.3, 0.4) is 0 Å². The highest BCUT2D eigenvalue weighted by molar-refractivity contribution is 5.56. The van der Waals surface area contributed by atoms with Crippen LogP contribution in [0.15, 0.2) is 18.5 Å². The highest BCUT2D eigenvalue weighted by atomic mass is 15.1. The van der Waals surface area contributed by atoms with E-state index in [0.29, 0.717) is 5.92 Å². The molecule has 1 N–H and O–H groups in total. The highest BCUT2D eigenvalue weighted by Crippen LogP contribution is 2.39. The van der Waals surface area contributed by atoms with E-state index < -0.39 is 0 Å².